The molecule has 9 heteroatoms. The molecule has 0 radical (unpaired) electrons. The van der Waals surface area contributed by atoms with E-state index in [1.807, 2.05) is 30.3 Å². The summed E-state index contributed by atoms with van der Waals surface area (Å²) in [6.07, 6.45) is 6.32. The Morgan fingerprint density at radius 2 is 1.75 bits per heavy atom. The SMILES string of the molecule is COc1cn(-c2cc(-n3cccn3)ccc2F)nc(-c2ccnn2-c2ccccc2)c1=O. The molecule has 0 bridgehead atoms. The minimum Gasteiger partial charge on any atom is -0.491 e. The number of nitrogens with zero attached hydrogens (tertiary/aromatic N) is 6. The summed E-state index contributed by atoms with van der Waals surface area (Å²) < 4.78 is 24.6. The Bertz CT molecular complexity index is 1440. The van der Waals surface area contributed by atoms with E-state index < -0.39 is 11.2 Å². The van der Waals surface area contributed by atoms with Gasteiger partial charge in [0, 0.05) is 12.4 Å². The van der Waals surface area contributed by atoms with Crippen molar-refractivity contribution in [2.24, 2.45) is 0 Å². The van der Waals surface area contributed by atoms with Crippen molar-refractivity contribution in [3.63, 3.8) is 0 Å². The number of halogens is 1. The van der Waals surface area contributed by atoms with Gasteiger partial charge in [-0.15, -0.1) is 0 Å². The van der Waals surface area contributed by atoms with Gasteiger partial charge in [-0.1, -0.05) is 18.2 Å². The number of hydrogen-bond acceptors (Lipinski definition) is 5. The predicted octanol–water partition coefficient (Wildman–Crippen LogP) is 3.42. The van der Waals surface area contributed by atoms with Crippen molar-refractivity contribution in [3.05, 3.63) is 101 Å². The monoisotopic (exact) mass is 428 g/mol. The van der Waals surface area contributed by atoms with Gasteiger partial charge in [-0.25, -0.2) is 18.4 Å². The molecule has 8 nitrogen and oxygen atoms in total. The first-order valence-corrected chi connectivity index (χ1v) is 9.73. The normalized spacial score (nSPS) is 10.9. The fraction of sp³-hybridized carbons (Fsp3) is 0.0435. The van der Waals surface area contributed by atoms with Gasteiger partial charge in [0.25, 0.3) is 5.43 Å². The van der Waals surface area contributed by atoms with Gasteiger partial charge in [-0.3, -0.25) is 4.79 Å². The fourth-order valence-electron chi connectivity index (χ4n) is 3.40. The maximum absolute atomic E-state index is 14.8. The number of ether oxygens (including phenoxy) is 1. The molecule has 0 aliphatic rings. The van der Waals surface area contributed by atoms with Gasteiger partial charge in [0.05, 0.1) is 36.6 Å². The van der Waals surface area contributed by atoms with Crippen molar-refractivity contribution < 1.29 is 9.13 Å². The second-order valence-corrected chi connectivity index (χ2v) is 6.87. The molecule has 3 heterocycles. The van der Waals surface area contributed by atoms with Crippen LogP contribution in [0.15, 0.2) is 90.2 Å². The number of rotatable bonds is 5. The molecule has 5 rings (SSSR count). The average molecular weight is 428 g/mol. The molecule has 0 saturated heterocycles. The minimum absolute atomic E-state index is 0.0275. The van der Waals surface area contributed by atoms with E-state index in [0.29, 0.717) is 11.4 Å². The lowest BCUT2D eigenvalue weighted by Crippen LogP contribution is -2.18. The topological polar surface area (TPSA) is 79.8 Å². The third-order valence-electron chi connectivity index (χ3n) is 4.94. The second-order valence-electron chi connectivity index (χ2n) is 6.87. The van der Waals surface area contributed by atoms with Gasteiger partial charge in [0.2, 0.25) is 0 Å². The van der Waals surface area contributed by atoms with Crippen LogP contribution in [0.5, 0.6) is 5.75 Å². The van der Waals surface area contributed by atoms with Crippen LogP contribution in [-0.4, -0.2) is 36.5 Å². The molecular weight excluding hydrogens is 411 g/mol. The lowest BCUT2D eigenvalue weighted by Gasteiger charge is -2.13. The summed E-state index contributed by atoms with van der Waals surface area (Å²) in [5.74, 6) is -0.485. The van der Waals surface area contributed by atoms with E-state index in [1.54, 1.807) is 52.2 Å². The number of methoxy groups -OCH3 is 1. The number of hydrogen-bond donors (Lipinski definition) is 0. The molecule has 0 aliphatic heterocycles. The summed E-state index contributed by atoms with van der Waals surface area (Å²) >= 11 is 0. The zero-order valence-corrected chi connectivity index (χ0v) is 17.0. The van der Waals surface area contributed by atoms with E-state index in [2.05, 4.69) is 15.3 Å². The van der Waals surface area contributed by atoms with Crippen molar-refractivity contribution in [2.75, 3.05) is 7.11 Å². The highest BCUT2D eigenvalue weighted by atomic mass is 19.1. The smallest absolute Gasteiger partial charge is 0.251 e. The van der Waals surface area contributed by atoms with Gasteiger partial charge < -0.3 is 4.74 Å². The van der Waals surface area contributed by atoms with E-state index in [1.165, 1.54) is 24.1 Å². The van der Waals surface area contributed by atoms with E-state index >= 15 is 0 Å². The molecule has 0 fully saturated rings. The summed E-state index contributed by atoms with van der Waals surface area (Å²) in [5.41, 5.74) is 1.65. The molecule has 0 unspecified atom stereocenters. The van der Waals surface area contributed by atoms with Crippen molar-refractivity contribution >= 4 is 0 Å². The summed E-state index contributed by atoms with van der Waals surface area (Å²) in [6, 6.07) is 17.3. The first-order valence-electron chi connectivity index (χ1n) is 9.73. The molecule has 2 aromatic carbocycles. The standard InChI is InChI=1S/C23H17FN6O2/c1-32-21-15-29(20-14-17(8-9-18(20)24)28-13-5-11-25-28)27-22(23(21)31)19-10-12-26-30(19)16-6-3-2-4-7-16/h2-15H,1H3. The highest BCUT2D eigenvalue weighted by Gasteiger charge is 2.19. The summed E-state index contributed by atoms with van der Waals surface area (Å²) in [6.45, 7) is 0. The molecule has 3 aromatic heterocycles. The highest BCUT2D eigenvalue weighted by Crippen LogP contribution is 2.23. The summed E-state index contributed by atoms with van der Waals surface area (Å²) in [4.78, 5) is 13.1. The Labute approximate surface area is 181 Å². The largest absolute Gasteiger partial charge is 0.491 e. The van der Waals surface area contributed by atoms with E-state index in [-0.39, 0.29) is 17.1 Å². The second kappa shape index (κ2) is 7.95. The van der Waals surface area contributed by atoms with Gasteiger partial charge in [0.15, 0.2) is 11.4 Å². The van der Waals surface area contributed by atoms with E-state index in [9.17, 15) is 9.18 Å². The van der Waals surface area contributed by atoms with Crippen molar-refractivity contribution in [3.8, 4) is 34.2 Å². The van der Waals surface area contributed by atoms with Crippen LogP contribution < -0.4 is 10.2 Å². The Kier molecular flexibility index (Phi) is 4.83. The van der Waals surface area contributed by atoms with Crippen molar-refractivity contribution in [1.29, 1.82) is 0 Å². The van der Waals surface area contributed by atoms with Gasteiger partial charge in [0.1, 0.15) is 11.5 Å². The van der Waals surface area contributed by atoms with Crippen LogP contribution in [0, 0.1) is 5.82 Å². The quantitative estimate of drug-likeness (QED) is 0.429. The molecule has 0 saturated carbocycles. The first-order chi connectivity index (χ1) is 15.7. The zero-order valence-electron chi connectivity index (χ0n) is 17.0. The van der Waals surface area contributed by atoms with E-state index in [0.717, 1.165) is 5.69 Å². The number of aromatic nitrogens is 6. The van der Waals surface area contributed by atoms with Crippen LogP contribution in [0.25, 0.3) is 28.5 Å². The molecule has 0 N–H and O–H groups in total. The van der Waals surface area contributed by atoms with Gasteiger partial charge in [-0.05, 0) is 42.5 Å². The van der Waals surface area contributed by atoms with Crippen LogP contribution in [0.1, 0.15) is 0 Å². The Morgan fingerprint density at radius 1 is 0.906 bits per heavy atom. The van der Waals surface area contributed by atoms with Crippen LogP contribution in [0.4, 0.5) is 4.39 Å². The molecule has 0 amide bonds. The Balaban J connectivity index is 1.70. The number of para-hydroxylation sites is 1. The lowest BCUT2D eigenvalue weighted by atomic mass is 10.2. The molecule has 5 aromatic rings. The maximum atomic E-state index is 14.8. The fourth-order valence-corrected chi connectivity index (χ4v) is 3.40. The van der Waals surface area contributed by atoms with Crippen LogP contribution in [-0.2, 0) is 0 Å². The first kappa shape index (κ1) is 19.4. The van der Waals surface area contributed by atoms with Crippen LogP contribution in [0.3, 0.4) is 0 Å². The molecule has 0 spiro atoms. The average Bonchev–Trinajstić information content (AvgIpc) is 3.53. The lowest BCUT2D eigenvalue weighted by molar-refractivity contribution is 0.405. The molecular formula is C23H17FN6O2. The zero-order chi connectivity index (χ0) is 22.1. The van der Waals surface area contributed by atoms with E-state index in [4.69, 9.17) is 4.74 Å². The molecule has 0 atom stereocenters. The Hall–Kier alpha value is -4.53. The maximum Gasteiger partial charge on any atom is 0.251 e. The molecule has 0 aliphatic carbocycles. The third-order valence-corrected chi connectivity index (χ3v) is 4.94. The third kappa shape index (κ3) is 3.35. The van der Waals surface area contributed by atoms with Crippen molar-refractivity contribution in [1.82, 2.24) is 29.3 Å². The van der Waals surface area contributed by atoms with Crippen molar-refractivity contribution in [2.45, 2.75) is 0 Å². The molecule has 158 valence electrons. The van der Waals surface area contributed by atoms with Crippen LogP contribution >= 0.6 is 0 Å². The highest BCUT2D eigenvalue weighted by molar-refractivity contribution is 5.59. The minimum atomic E-state index is -0.512. The van der Waals surface area contributed by atoms with Gasteiger partial charge >= 0.3 is 0 Å². The van der Waals surface area contributed by atoms with Gasteiger partial charge in [-0.2, -0.15) is 15.3 Å². The summed E-state index contributed by atoms with van der Waals surface area (Å²) in [5, 5.41) is 13.0. The van der Waals surface area contributed by atoms with Crippen LogP contribution in [0.2, 0.25) is 0 Å². The molecule has 32 heavy (non-hydrogen) atoms. The summed E-state index contributed by atoms with van der Waals surface area (Å²) in [7, 11) is 1.38. The number of benzene rings is 2. The Morgan fingerprint density at radius 3 is 2.50 bits per heavy atom. The predicted molar refractivity (Wildman–Crippen MR) is 116 cm³/mol.